The third-order valence-corrected chi connectivity index (χ3v) is 5.56. The van der Waals surface area contributed by atoms with Crippen molar-refractivity contribution < 1.29 is 0 Å². The van der Waals surface area contributed by atoms with Crippen molar-refractivity contribution in [2.45, 2.75) is 40.5 Å². The summed E-state index contributed by atoms with van der Waals surface area (Å²) in [6.07, 6.45) is 7.20. The quantitative estimate of drug-likeness (QED) is 0.496. The van der Waals surface area contributed by atoms with E-state index in [0.717, 1.165) is 6.42 Å². The van der Waals surface area contributed by atoms with Crippen LogP contribution in [0.25, 0.3) is 16.7 Å². The van der Waals surface area contributed by atoms with Gasteiger partial charge < -0.3 is 0 Å². The molecule has 0 N–H and O–H groups in total. The highest BCUT2D eigenvalue weighted by atomic mass is 14.3. The Balaban J connectivity index is 1.83. The predicted octanol–water partition coefficient (Wildman–Crippen LogP) is 6.65. The molecule has 0 bridgehead atoms. The number of hydrogen-bond acceptors (Lipinski definition) is 0. The zero-order valence-corrected chi connectivity index (χ0v) is 15.2. The van der Waals surface area contributed by atoms with E-state index in [1.54, 1.807) is 0 Å². The van der Waals surface area contributed by atoms with Gasteiger partial charge in [0, 0.05) is 5.92 Å². The lowest BCUT2D eigenvalue weighted by molar-refractivity contribution is 0.516. The standard InChI is InChI=1S/C24H26/c1-5-16-13-18(24(2,3)4)15-22(16)21-12-8-11-20-19-10-7-6-9-17(19)14-23(20)21/h6-13,15-16H,5,14H2,1-4H3. The Labute approximate surface area is 145 Å². The van der Waals surface area contributed by atoms with Gasteiger partial charge in [0.2, 0.25) is 0 Å². The zero-order valence-electron chi connectivity index (χ0n) is 15.2. The number of hydrogen-bond donors (Lipinski definition) is 0. The van der Waals surface area contributed by atoms with Gasteiger partial charge in [-0.25, -0.2) is 0 Å². The van der Waals surface area contributed by atoms with Crippen LogP contribution in [0.3, 0.4) is 0 Å². The van der Waals surface area contributed by atoms with Crippen molar-refractivity contribution in [2.24, 2.45) is 11.3 Å². The van der Waals surface area contributed by atoms with Crippen LogP contribution in [-0.2, 0) is 6.42 Å². The van der Waals surface area contributed by atoms with Crippen molar-refractivity contribution >= 4 is 5.57 Å². The fourth-order valence-electron chi connectivity index (χ4n) is 4.14. The molecule has 0 saturated carbocycles. The first-order valence-corrected chi connectivity index (χ1v) is 9.13. The molecule has 2 aromatic carbocycles. The van der Waals surface area contributed by atoms with Crippen LogP contribution in [0.4, 0.5) is 0 Å². The normalized spacial score (nSPS) is 18.9. The van der Waals surface area contributed by atoms with Gasteiger partial charge >= 0.3 is 0 Å². The molecule has 0 heterocycles. The van der Waals surface area contributed by atoms with Crippen molar-refractivity contribution in [1.82, 2.24) is 0 Å². The Kier molecular flexibility index (Phi) is 3.53. The van der Waals surface area contributed by atoms with Crippen LogP contribution in [-0.4, -0.2) is 0 Å². The van der Waals surface area contributed by atoms with Gasteiger partial charge in [0.25, 0.3) is 0 Å². The van der Waals surface area contributed by atoms with E-state index >= 15 is 0 Å². The molecule has 1 atom stereocenters. The van der Waals surface area contributed by atoms with Gasteiger partial charge in [-0.05, 0) is 57.2 Å². The van der Waals surface area contributed by atoms with E-state index in [4.69, 9.17) is 0 Å². The lowest BCUT2D eigenvalue weighted by atomic mass is 9.87. The summed E-state index contributed by atoms with van der Waals surface area (Å²) >= 11 is 0. The largest absolute Gasteiger partial charge is 0.0732 e. The second kappa shape index (κ2) is 5.48. The molecule has 0 spiro atoms. The minimum absolute atomic E-state index is 0.218. The lowest BCUT2D eigenvalue weighted by Gasteiger charge is -2.18. The number of allylic oxidation sites excluding steroid dienone is 4. The van der Waals surface area contributed by atoms with Gasteiger partial charge in [-0.2, -0.15) is 0 Å². The zero-order chi connectivity index (χ0) is 16.9. The maximum atomic E-state index is 2.50. The van der Waals surface area contributed by atoms with Gasteiger partial charge in [-0.15, -0.1) is 0 Å². The van der Waals surface area contributed by atoms with E-state index in [0.29, 0.717) is 5.92 Å². The number of rotatable bonds is 2. The van der Waals surface area contributed by atoms with E-state index in [9.17, 15) is 0 Å². The number of fused-ring (bicyclic) bond motifs is 3. The molecule has 0 fully saturated rings. The third-order valence-electron chi connectivity index (χ3n) is 5.56. The molecule has 4 rings (SSSR count). The molecule has 2 aromatic rings. The maximum Gasteiger partial charge on any atom is 0.00275 e. The van der Waals surface area contributed by atoms with Crippen molar-refractivity contribution in [3.8, 4) is 11.1 Å². The van der Waals surface area contributed by atoms with Gasteiger partial charge in [-0.1, -0.05) is 82.3 Å². The van der Waals surface area contributed by atoms with E-state index in [1.807, 2.05) is 0 Å². The van der Waals surface area contributed by atoms with Crippen LogP contribution >= 0.6 is 0 Å². The summed E-state index contributed by atoms with van der Waals surface area (Å²) in [6, 6.07) is 15.7. The fraction of sp³-hybridized carbons (Fsp3) is 0.333. The molecule has 0 aliphatic heterocycles. The second-order valence-corrected chi connectivity index (χ2v) is 8.15. The van der Waals surface area contributed by atoms with Gasteiger partial charge in [-0.3, -0.25) is 0 Å². The maximum absolute atomic E-state index is 2.50. The minimum atomic E-state index is 0.218. The van der Waals surface area contributed by atoms with Crippen molar-refractivity contribution in [3.63, 3.8) is 0 Å². The molecule has 0 amide bonds. The topological polar surface area (TPSA) is 0 Å². The summed E-state index contributed by atoms with van der Waals surface area (Å²) in [5.41, 5.74) is 10.5. The highest BCUT2D eigenvalue weighted by Gasteiger charge is 2.29. The molecule has 2 aliphatic rings. The summed E-state index contributed by atoms with van der Waals surface area (Å²) in [6.45, 7) is 9.25. The first kappa shape index (κ1) is 15.4. The monoisotopic (exact) mass is 314 g/mol. The summed E-state index contributed by atoms with van der Waals surface area (Å²) in [4.78, 5) is 0. The molecule has 0 heteroatoms. The van der Waals surface area contributed by atoms with Crippen molar-refractivity contribution in [2.75, 3.05) is 0 Å². The molecule has 0 nitrogen and oxygen atoms in total. The van der Waals surface area contributed by atoms with Crippen LogP contribution in [0.1, 0.15) is 50.8 Å². The van der Waals surface area contributed by atoms with Crippen LogP contribution < -0.4 is 0 Å². The van der Waals surface area contributed by atoms with E-state index in [-0.39, 0.29) is 5.41 Å². The highest BCUT2D eigenvalue weighted by molar-refractivity contribution is 5.86. The lowest BCUT2D eigenvalue weighted by Crippen LogP contribution is -2.06. The molecule has 0 saturated heterocycles. The molecule has 2 aliphatic carbocycles. The Hall–Kier alpha value is -2.08. The molecule has 24 heavy (non-hydrogen) atoms. The fourth-order valence-corrected chi connectivity index (χ4v) is 4.14. The smallest absolute Gasteiger partial charge is 0.00275 e. The summed E-state index contributed by atoms with van der Waals surface area (Å²) in [5.74, 6) is 0.550. The third kappa shape index (κ3) is 2.36. The van der Waals surface area contributed by atoms with Crippen LogP contribution in [0, 0.1) is 11.3 Å². The molecular formula is C24H26. The highest BCUT2D eigenvalue weighted by Crippen LogP contribution is 2.46. The second-order valence-electron chi connectivity index (χ2n) is 8.15. The van der Waals surface area contributed by atoms with Gasteiger partial charge in [0.05, 0.1) is 0 Å². The first-order chi connectivity index (χ1) is 11.5. The van der Waals surface area contributed by atoms with Crippen molar-refractivity contribution in [3.05, 3.63) is 76.9 Å². The Morgan fingerprint density at radius 1 is 0.917 bits per heavy atom. The van der Waals surface area contributed by atoms with Crippen LogP contribution in [0.5, 0.6) is 0 Å². The average molecular weight is 314 g/mol. The molecule has 0 radical (unpaired) electrons. The average Bonchev–Trinajstić information content (AvgIpc) is 3.15. The van der Waals surface area contributed by atoms with Crippen LogP contribution in [0.2, 0.25) is 0 Å². The van der Waals surface area contributed by atoms with E-state index in [1.165, 1.54) is 45.4 Å². The molecular weight excluding hydrogens is 288 g/mol. The van der Waals surface area contributed by atoms with Gasteiger partial charge in [0.15, 0.2) is 0 Å². The minimum Gasteiger partial charge on any atom is -0.0732 e. The van der Waals surface area contributed by atoms with Gasteiger partial charge in [0.1, 0.15) is 0 Å². The number of benzene rings is 2. The summed E-state index contributed by atoms with van der Waals surface area (Å²) in [5, 5.41) is 0. The Bertz CT molecular complexity index is 856. The summed E-state index contributed by atoms with van der Waals surface area (Å²) < 4.78 is 0. The molecule has 0 aromatic heterocycles. The predicted molar refractivity (Wildman–Crippen MR) is 104 cm³/mol. The van der Waals surface area contributed by atoms with E-state index in [2.05, 4.69) is 82.3 Å². The molecule has 122 valence electrons. The van der Waals surface area contributed by atoms with Crippen LogP contribution in [0.15, 0.2) is 60.2 Å². The van der Waals surface area contributed by atoms with E-state index < -0.39 is 0 Å². The Morgan fingerprint density at radius 2 is 1.62 bits per heavy atom. The SMILES string of the molecule is CCC1C=C(C(C)(C)C)C=C1c1cccc2c1Cc1ccccc1-2. The van der Waals surface area contributed by atoms with Crippen molar-refractivity contribution in [1.29, 1.82) is 0 Å². The Morgan fingerprint density at radius 3 is 2.38 bits per heavy atom. The first-order valence-electron chi connectivity index (χ1n) is 9.13. The molecule has 1 unspecified atom stereocenters. The summed E-state index contributed by atoms with van der Waals surface area (Å²) in [7, 11) is 0.